The molecule has 1 aromatic rings. The van der Waals surface area contributed by atoms with Crippen molar-refractivity contribution < 1.29 is 4.39 Å². The van der Waals surface area contributed by atoms with E-state index in [1.165, 1.54) is 5.56 Å². The van der Waals surface area contributed by atoms with Crippen LogP contribution in [0.1, 0.15) is 30.0 Å². The van der Waals surface area contributed by atoms with Crippen molar-refractivity contribution >= 4 is 0 Å². The minimum atomic E-state index is -0.730. The topological polar surface area (TPSA) is 12.0 Å². The first-order valence-corrected chi connectivity index (χ1v) is 5.21. The molecule has 76 valence electrons. The van der Waals surface area contributed by atoms with Crippen molar-refractivity contribution in [1.82, 2.24) is 5.32 Å². The fraction of sp³-hybridized carbons (Fsp3) is 0.500. The van der Waals surface area contributed by atoms with Crippen LogP contribution in [0.3, 0.4) is 0 Å². The third-order valence-corrected chi connectivity index (χ3v) is 2.82. The van der Waals surface area contributed by atoms with Gasteiger partial charge in [-0.2, -0.15) is 0 Å². The first kappa shape index (κ1) is 9.66. The smallest absolute Gasteiger partial charge is 0.120 e. The molecule has 1 heterocycles. The number of nitrogens with one attached hydrogen (secondary N) is 1. The Labute approximate surface area is 84.3 Å². The van der Waals surface area contributed by atoms with Crippen molar-refractivity contribution in [2.75, 3.05) is 6.54 Å². The number of rotatable bonds is 1. The lowest BCUT2D eigenvalue weighted by molar-refractivity contribution is 0.201. The van der Waals surface area contributed by atoms with Crippen LogP contribution in [0.15, 0.2) is 24.3 Å². The molecule has 14 heavy (non-hydrogen) atoms. The maximum absolute atomic E-state index is 13.6. The van der Waals surface area contributed by atoms with Gasteiger partial charge in [-0.05, 0) is 31.9 Å². The highest BCUT2D eigenvalue weighted by atomic mass is 19.1. The van der Waals surface area contributed by atoms with Crippen molar-refractivity contribution in [1.29, 1.82) is 0 Å². The van der Waals surface area contributed by atoms with Crippen molar-refractivity contribution in [2.45, 2.75) is 32.0 Å². The van der Waals surface area contributed by atoms with E-state index in [1.54, 1.807) is 0 Å². The van der Waals surface area contributed by atoms with Crippen LogP contribution >= 0.6 is 0 Å². The number of halogens is 1. The van der Waals surface area contributed by atoms with Crippen molar-refractivity contribution in [3.8, 4) is 0 Å². The molecule has 1 fully saturated rings. The standard InChI is InChI=1S/C12H16FN/c1-9-4-6-10(7-5-9)12-11(13)3-2-8-14-12/h4-7,11-12,14H,2-3,8H2,1H3. The van der Waals surface area contributed by atoms with Gasteiger partial charge in [-0.3, -0.25) is 0 Å². The summed E-state index contributed by atoms with van der Waals surface area (Å²) in [4.78, 5) is 0. The summed E-state index contributed by atoms with van der Waals surface area (Å²) >= 11 is 0. The van der Waals surface area contributed by atoms with Crippen LogP contribution in [0.5, 0.6) is 0 Å². The van der Waals surface area contributed by atoms with Gasteiger partial charge < -0.3 is 5.32 Å². The number of alkyl halides is 1. The molecule has 2 unspecified atom stereocenters. The fourth-order valence-electron chi connectivity index (χ4n) is 1.95. The molecule has 0 spiro atoms. The Balaban J connectivity index is 2.16. The molecule has 1 aliphatic rings. The fourth-order valence-corrected chi connectivity index (χ4v) is 1.95. The average molecular weight is 193 g/mol. The average Bonchev–Trinajstić information content (AvgIpc) is 2.20. The van der Waals surface area contributed by atoms with Gasteiger partial charge in [-0.1, -0.05) is 29.8 Å². The largest absolute Gasteiger partial charge is 0.308 e. The summed E-state index contributed by atoms with van der Waals surface area (Å²) in [5, 5.41) is 3.23. The van der Waals surface area contributed by atoms with Crippen LogP contribution in [-0.2, 0) is 0 Å². The van der Waals surface area contributed by atoms with Crippen LogP contribution in [-0.4, -0.2) is 12.7 Å². The maximum atomic E-state index is 13.6. The molecule has 1 nitrogen and oxygen atoms in total. The third-order valence-electron chi connectivity index (χ3n) is 2.82. The normalized spacial score (nSPS) is 27.6. The molecule has 1 aromatic carbocycles. The second-order valence-corrected chi connectivity index (χ2v) is 4.00. The Morgan fingerprint density at radius 2 is 2.00 bits per heavy atom. The lowest BCUT2D eigenvalue weighted by atomic mass is 9.95. The number of hydrogen-bond donors (Lipinski definition) is 1. The van der Waals surface area contributed by atoms with Gasteiger partial charge in [-0.25, -0.2) is 4.39 Å². The Morgan fingerprint density at radius 1 is 1.29 bits per heavy atom. The minimum Gasteiger partial charge on any atom is -0.308 e. The zero-order chi connectivity index (χ0) is 9.97. The first-order chi connectivity index (χ1) is 6.77. The van der Waals surface area contributed by atoms with Gasteiger partial charge in [0.15, 0.2) is 0 Å². The van der Waals surface area contributed by atoms with Gasteiger partial charge in [0.05, 0.1) is 6.04 Å². The Bertz CT molecular complexity index is 294. The van der Waals surface area contributed by atoms with E-state index in [4.69, 9.17) is 0 Å². The zero-order valence-electron chi connectivity index (χ0n) is 8.46. The van der Waals surface area contributed by atoms with Gasteiger partial charge in [0, 0.05) is 0 Å². The summed E-state index contributed by atoms with van der Waals surface area (Å²) in [6.07, 6.45) is 0.904. The molecule has 0 saturated carbocycles. The zero-order valence-corrected chi connectivity index (χ0v) is 8.46. The second-order valence-electron chi connectivity index (χ2n) is 4.00. The van der Waals surface area contributed by atoms with Crippen LogP contribution in [0, 0.1) is 6.92 Å². The second kappa shape index (κ2) is 4.09. The molecule has 0 amide bonds. The molecule has 2 heteroatoms. The molecule has 1 aliphatic heterocycles. The van der Waals surface area contributed by atoms with Gasteiger partial charge in [0.25, 0.3) is 0 Å². The van der Waals surface area contributed by atoms with Gasteiger partial charge in [0.2, 0.25) is 0 Å². The molecule has 0 radical (unpaired) electrons. The summed E-state index contributed by atoms with van der Waals surface area (Å²) < 4.78 is 13.6. The Hall–Kier alpha value is -0.890. The van der Waals surface area contributed by atoms with Crippen LogP contribution < -0.4 is 5.32 Å². The molecular formula is C12H16FN. The molecule has 1 saturated heterocycles. The van der Waals surface area contributed by atoms with Gasteiger partial charge in [0.1, 0.15) is 6.17 Å². The van der Waals surface area contributed by atoms with Gasteiger partial charge in [-0.15, -0.1) is 0 Å². The van der Waals surface area contributed by atoms with E-state index < -0.39 is 6.17 Å². The van der Waals surface area contributed by atoms with Crippen molar-refractivity contribution in [2.24, 2.45) is 0 Å². The SMILES string of the molecule is Cc1ccc(C2NCCCC2F)cc1. The predicted octanol–water partition coefficient (Wildman–Crippen LogP) is 2.76. The number of benzene rings is 1. The van der Waals surface area contributed by atoms with Gasteiger partial charge >= 0.3 is 0 Å². The van der Waals surface area contributed by atoms with E-state index >= 15 is 0 Å². The number of piperidine rings is 1. The predicted molar refractivity (Wildman–Crippen MR) is 56.1 cm³/mol. The molecule has 0 aromatic heterocycles. The molecule has 1 N–H and O–H groups in total. The third kappa shape index (κ3) is 1.95. The Morgan fingerprint density at radius 3 is 2.64 bits per heavy atom. The van der Waals surface area contributed by atoms with E-state index in [-0.39, 0.29) is 6.04 Å². The molecule has 2 rings (SSSR count). The van der Waals surface area contributed by atoms with E-state index in [0.29, 0.717) is 6.42 Å². The highest BCUT2D eigenvalue weighted by Gasteiger charge is 2.25. The summed E-state index contributed by atoms with van der Waals surface area (Å²) in [5.74, 6) is 0. The summed E-state index contributed by atoms with van der Waals surface area (Å²) in [6, 6.07) is 8.02. The van der Waals surface area contributed by atoms with Crippen LogP contribution in [0.4, 0.5) is 4.39 Å². The number of hydrogen-bond acceptors (Lipinski definition) is 1. The van der Waals surface area contributed by atoms with E-state index in [0.717, 1.165) is 18.5 Å². The summed E-state index contributed by atoms with van der Waals surface area (Å²) in [6.45, 7) is 2.98. The van der Waals surface area contributed by atoms with E-state index in [2.05, 4.69) is 5.32 Å². The monoisotopic (exact) mass is 193 g/mol. The number of aryl methyl sites for hydroxylation is 1. The lowest BCUT2D eigenvalue weighted by Crippen LogP contribution is -2.35. The maximum Gasteiger partial charge on any atom is 0.120 e. The summed E-state index contributed by atoms with van der Waals surface area (Å²) in [5.41, 5.74) is 2.29. The molecule has 0 aliphatic carbocycles. The van der Waals surface area contributed by atoms with Crippen molar-refractivity contribution in [3.05, 3.63) is 35.4 Å². The van der Waals surface area contributed by atoms with Crippen LogP contribution in [0.2, 0.25) is 0 Å². The summed E-state index contributed by atoms with van der Waals surface area (Å²) in [7, 11) is 0. The molecule has 0 bridgehead atoms. The lowest BCUT2D eigenvalue weighted by Gasteiger charge is -2.27. The molecule has 2 atom stereocenters. The Kier molecular flexibility index (Phi) is 2.82. The van der Waals surface area contributed by atoms with E-state index in [1.807, 2.05) is 31.2 Å². The quantitative estimate of drug-likeness (QED) is 0.723. The van der Waals surface area contributed by atoms with E-state index in [9.17, 15) is 4.39 Å². The first-order valence-electron chi connectivity index (χ1n) is 5.21. The van der Waals surface area contributed by atoms with Crippen LogP contribution in [0.25, 0.3) is 0 Å². The van der Waals surface area contributed by atoms with Crippen molar-refractivity contribution in [3.63, 3.8) is 0 Å². The highest BCUT2D eigenvalue weighted by molar-refractivity contribution is 5.25. The minimum absolute atomic E-state index is 0.0932. The molecular weight excluding hydrogens is 177 g/mol. The highest BCUT2D eigenvalue weighted by Crippen LogP contribution is 2.26.